The number of hydrogen-bond donors (Lipinski definition) is 0. The normalized spacial score (nSPS) is 11.5. The number of allylic oxidation sites excluding steroid dienone is 4. The van der Waals surface area contributed by atoms with Crippen LogP contribution in [0.4, 0.5) is 0 Å². The van der Waals surface area contributed by atoms with Gasteiger partial charge < -0.3 is 0 Å². The lowest BCUT2D eigenvalue weighted by atomic mass is 10.1. The highest BCUT2D eigenvalue weighted by Gasteiger charge is 1.85. The minimum atomic E-state index is 0.619. The Balaban J connectivity index is 2.15. The number of rotatable bonds is 6. The van der Waals surface area contributed by atoms with Crippen molar-refractivity contribution in [2.45, 2.75) is 19.3 Å². The number of benzene rings is 1. The van der Waals surface area contributed by atoms with E-state index in [-0.39, 0.29) is 0 Å². The molecule has 1 rings (SSSR count). The number of unbranched alkanes of at least 4 members (excludes halogenated alkanes) is 1. The molecule has 0 aromatic heterocycles. The first-order valence-electron chi connectivity index (χ1n) is 5.33. The summed E-state index contributed by atoms with van der Waals surface area (Å²) in [4.78, 5) is 0. The lowest BCUT2D eigenvalue weighted by Gasteiger charge is -1.93. The minimum Gasteiger partial charge on any atom is -0.122 e. The highest BCUT2D eigenvalue weighted by molar-refractivity contribution is 6.18. The highest BCUT2D eigenvalue weighted by atomic mass is 35.5. The van der Waals surface area contributed by atoms with E-state index in [0.29, 0.717) is 5.88 Å². The van der Waals surface area contributed by atoms with Crippen molar-refractivity contribution in [3.8, 4) is 0 Å². The summed E-state index contributed by atoms with van der Waals surface area (Å²) in [5.74, 6) is 0.619. The lowest BCUT2D eigenvalue weighted by molar-refractivity contribution is 1.04. The molecule has 1 aromatic rings. The summed E-state index contributed by atoms with van der Waals surface area (Å²) in [6, 6.07) is 10.5. The molecule has 0 saturated heterocycles. The molecule has 0 amide bonds. The molecule has 0 radical (unpaired) electrons. The van der Waals surface area contributed by atoms with Crippen molar-refractivity contribution in [1.29, 1.82) is 0 Å². The molecule has 0 aliphatic rings. The molecule has 0 heterocycles. The van der Waals surface area contributed by atoms with E-state index >= 15 is 0 Å². The van der Waals surface area contributed by atoms with Crippen LogP contribution in [0.2, 0.25) is 0 Å². The molecule has 80 valence electrons. The molecule has 0 fully saturated rings. The lowest BCUT2D eigenvalue weighted by Crippen LogP contribution is -1.78. The average molecular weight is 221 g/mol. The van der Waals surface area contributed by atoms with Gasteiger partial charge in [-0.2, -0.15) is 0 Å². The third-order valence-electron chi connectivity index (χ3n) is 2.12. The molecule has 0 N–H and O–H groups in total. The third-order valence-corrected chi connectivity index (χ3v) is 2.30. The fraction of sp³-hybridized carbons (Fsp3) is 0.286. The summed E-state index contributed by atoms with van der Waals surface area (Å²) < 4.78 is 0. The van der Waals surface area contributed by atoms with Crippen LogP contribution in [0.1, 0.15) is 18.4 Å². The van der Waals surface area contributed by atoms with Crippen molar-refractivity contribution in [3.63, 3.8) is 0 Å². The van der Waals surface area contributed by atoms with Gasteiger partial charge >= 0.3 is 0 Å². The van der Waals surface area contributed by atoms with E-state index in [1.165, 1.54) is 5.56 Å². The molecule has 0 aliphatic carbocycles. The van der Waals surface area contributed by atoms with Crippen LogP contribution in [-0.4, -0.2) is 5.88 Å². The molecule has 0 spiro atoms. The minimum absolute atomic E-state index is 0.619. The zero-order valence-corrected chi connectivity index (χ0v) is 9.66. The maximum atomic E-state index is 5.52. The fourth-order valence-electron chi connectivity index (χ4n) is 1.32. The Bertz CT molecular complexity index is 298. The second-order valence-corrected chi connectivity index (χ2v) is 3.67. The first-order valence-corrected chi connectivity index (χ1v) is 5.87. The Morgan fingerprint density at radius 2 is 1.53 bits per heavy atom. The van der Waals surface area contributed by atoms with Gasteiger partial charge in [0, 0.05) is 5.88 Å². The van der Waals surface area contributed by atoms with Crippen LogP contribution in [0.15, 0.2) is 54.6 Å². The molecule has 1 heteroatoms. The van der Waals surface area contributed by atoms with Gasteiger partial charge in [0.15, 0.2) is 0 Å². The number of hydrogen-bond acceptors (Lipinski definition) is 0. The smallest absolute Gasteiger partial charge is 0.0404 e. The zero-order valence-electron chi connectivity index (χ0n) is 8.90. The van der Waals surface area contributed by atoms with E-state index in [4.69, 9.17) is 11.6 Å². The van der Waals surface area contributed by atoms with Crippen LogP contribution in [0, 0.1) is 0 Å². The van der Waals surface area contributed by atoms with Crippen molar-refractivity contribution in [2.75, 3.05) is 5.88 Å². The maximum Gasteiger partial charge on any atom is 0.0404 e. The average Bonchev–Trinajstić information content (AvgIpc) is 2.29. The van der Waals surface area contributed by atoms with E-state index in [1.807, 2.05) is 12.1 Å². The molecule has 1 aromatic carbocycles. The van der Waals surface area contributed by atoms with Crippen molar-refractivity contribution in [1.82, 2.24) is 0 Å². The van der Waals surface area contributed by atoms with Gasteiger partial charge in [-0.25, -0.2) is 0 Å². The summed E-state index contributed by atoms with van der Waals surface area (Å²) in [5.41, 5.74) is 1.37. The topological polar surface area (TPSA) is 0 Å². The van der Waals surface area contributed by atoms with Gasteiger partial charge in [-0.15, -0.1) is 11.6 Å². The van der Waals surface area contributed by atoms with Crippen molar-refractivity contribution in [2.24, 2.45) is 0 Å². The first-order chi connectivity index (χ1) is 7.43. The van der Waals surface area contributed by atoms with Gasteiger partial charge in [-0.3, -0.25) is 0 Å². The van der Waals surface area contributed by atoms with Crippen LogP contribution < -0.4 is 0 Å². The summed E-state index contributed by atoms with van der Waals surface area (Å²) >= 11 is 5.52. The van der Waals surface area contributed by atoms with Gasteiger partial charge in [0.25, 0.3) is 0 Å². The molecule has 0 unspecified atom stereocenters. The van der Waals surface area contributed by atoms with Crippen LogP contribution in [0.5, 0.6) is 0 Å². The van der Waals surface area contributed by atoms with Crippen LogP contribution in [0.25, 0.3) is 0 Å². The van der Waals surface area contributed by atoms with Crippen LogP contribution in [0.3, 0.4) is 0 Å². The molecule has 0 bridgehead atoms. The third kappa shape index (κ3) is 6.14. The van der Waals surface area contributed by atoms with Crippen molar-refractivity contribution < 1.29 is 0 Å². The quantitative estimate of drug-likeness (QED) is 0.380. The monoisotopic (exact) mass is 220 g/mol. The Kier molecular flexibility index (Phi) is 6.68. The Hall–Kier alpha value is -1.01. The van der Waals surface area contributed by atoms with Gasteiger partial charge in [0.1, 0.15) is 0 Å². The number of alkyl halides is 1. The van der Waals surface area contributed by atoms with E-state index < -0.39 is 0 Å². The molecular weight excluding hydrogens is 204 g/mol. The van der Waals surface area contributed by atoms with Crippen LogP contribution >= 0.6 is 11.6 Å². The largest absolute Gasteiger partial charge is 0.122 e. The SMILES string of the molecule is ClCC=CCCC=CCc1ccccc1. The molecule has 15 heavy (non-hydrogen) atoms. The fourth-order valence-corrected chi connectivity index (χ4v) is 1.45. The van der Waals surface area contributed by atoms with Crippen molar-refractivity contribution in [3.05, 3.63) is 60.2 Å². The van der Waals surface area contributed by atoms with E-state index in [9.17, 15) is 0 Å². The Morgan fingerprint density at radius 3 is 2.20 bits per heavy atom. The predicted octanol–water partition coefficient (Wildman–Crippen LogP) is 4.36. The summed E-state index contributed by atoms with van der Waals surface area (Å²) in [6.07, 6.45) is 11.8. The Labute approximate surface area is 97.3 Å². The van der Waals surface area contributed by atoms with E-state index in [0.717, 1.165) is 19.3 Å². The van der Waals surface area contributed by atoms with Gasteiger partial charge in [0.2, 0.25) is 0 Å². The summed E-state index contributed by atoms with van der Waals surface area (Å²) in [7, 11) is 0. The Morgan fingerprint density at radius 1 is 0.867 bits per heavy atom. The standard InChI is InChI=1S/C14H17Cl/c15-13-9-4-2-1-3-6-10-14-11-7-5-8-12-14/h3-9,11-12H,1-2,10,13H2. The molecule has 0 aliphatic heterocycles. The summed E-state index contributed by atoms with van der Waals surface area (Å²) in [5, 5.41) is 0. The van der Waals surface area contributed by atoms with Gasteiger partial charge in [-0.1, -0.05) is 54.6 Å². The summed E-state index contributed by atoms with van der Waals surface area (Å²) in [6.45, 7) is 0. The molecule has 0 saturated carbocycles. The molecule has 0 atom stereocenters. The second kappa shape index (κ2) is 8.31. The van der Waals surface area contributed by atoms with Gasteiger partial charge in [0.05, 0.1) is 0 Å². The van der Waals surface area contributed by atoms with E-state index in [2.05, 4.69) is 42.5 Å². The van der Waals surface area contributed by atoms with Crippen LogP contribution in [-0.2, 0) is 6.42 Å². The second-order valence-electron chi connectivity index (χ2n) is 3.36. The maximum absolute atomic E-state index is 5.52. The number of halogens is 1. The molecular formula is C14H17Cl. The molecule has 0 nitrogen and oxygen atoms in total. The first kappa shape index (κ1) is 12.1. The van der Waals surface area contributed by atoms with E-state index in [1.54, 1.807) is 0 Å². The van der Waals surface area contributed by atoms with Crippen molar-refractivity contribution >= 4 is 11.6 Å². The highest BCUT2D eigenvalue weighted by Crippen LogP contribution is 2.01. The van der Waals surface area contributed by atoms with Gasteiger partial charge in [-0.05, 0) is 24.8 Å². The zero-order chi connectivity index (χ0) is 10.8. The predicted molar refractivity (Wildman–Crippen MR) is 68.4 cm³/mol.